The minimum absolute atomic E-state index is 0.0650. The zero-order valence-corrected chi connectivity index (χ0v) is 17.0. The van der Waals surface area contributed by atoms with Crippen LogP contribution in [0.4, 0.5) is 0 Å². The molecular formula is C20H27NO5S. The van der Waals surface area contributed by atoms with Crippen molar-refractivity contribution in [2.45, 2.75) is 31.8 Å². The molecule has 0 aromatic heterocycles. The lowest BCUT2D eigenvalue weighted by atomic mass is 10.1. The molecule has 2 rings (SSSR count). The van der Waals surface area contributed by atoms with Crippen molar-refractivity contribution in [2.75, 3.05) is 26.9 Å². The largest absolute Gasteiger partial charge is 0.496 e. The molecule has 0 heterocycles. The molecule has 1 atom stereocenters. The Kier molecular flexibility index (Phi) is 7.38. The van der Waals surface area contributed by atoms with Crippen molar-refractivity contribution in [3.05, 3.63) is 58.7 Å². The molecule has 0 unspecified atom stereocenters. The molecule has 0 aliphatic rings. The maximum absolute atomic E-state index is 12.7. The van der Waals surface area contributed by atoms with Crippen molar-refractivity contribution in [3.8, 4) is 5.75 Å². The number of methoxy groups -OCH3 is 1. The number of nitrogens with one attached hydrogen (secondary N) is 1. The summed E-state index contributed by atoms with van der Waals surface area (Å²) in [4.78, 5) is 0.183. The second-order valence-electron chi connectivity index (χ2n) is 6.44. The van der Waals surface area contributed by atoms with Crippen LogP contribution in [0.15, 0.2) is 41.3 Å². The zero-order chi connectivity index (χ0) is 20.0. The number of rotatable bonds is 9. The van der Waals surface area contributed by atoms with Gasteiger partial charge in [0.2, 0.25) is 10.0 Å². The third-order valence-electron chi connectivity index (χ3n) is 4.27. The minimum atomic E-state index is -3.71. The lowest BCUT2D eigenvalue weighted by molar-refractivity contribution is 0.0309. The summed E-state index contributed by atoms with van der Waals surface area (Å²) >= 11 is 0. The molecule has 0 aliphatic carbocycles. The highest BCUT2D eigenvalue weighted by atomic mass is 32.2. The molecule has 27 heavy (non-hydrogen) atoms. The molecule has 0 saturated heterocycles. The molecule has 0 radical (unpaired) electrons. The first-order chi connectivity index (χ1) is 12.8. The van der Waals surface area contributed by atoms with E-state index in [1.807, 2.05) is 45.0 Å². The second kappa shape index (κ2) is 9.32. The summed E-state index contributed by atoms with van der Waals surface area (Å²) in [6.45, 7) is 5.65. The molecule has 148 valence electrons. The molecule has 2 aromatic carbocycles. The standard InChI is InChI=1S/C20H27NO5S/c1-14-5-7-17(8-6-14)19(26-10-9-22)13-21-27(23,24)18-11-15(2)20(25-4)16(3)12-18/h5-8,11-12,19,21-22H,9-10,13H2,1-4H3/t19-/m0/s1. The molecule has 6 nitrogen and oxygen atoms in total. The highest BCUT2D eigenvalue weighted by Gasteiger charge is 2.20. The lowest BCUT2D eigenvalue weighted by Gasteiger charge is -2.19. The van der Waals surface area contributed by atoms with Crippen LogP contribution in [-0.2, 0) is 14.8 Å². The Morgan fingerprint density at radius 3 is 2.19 bits per heavy atom. The molecule has 0 spiro atoms. The summed E-state index contributed by atoms with van der Waals surface area (Å²) in [7, 11) is -2.15. The Labute approximate surface area is 161 Å². The number of hydrogen-bond donors (Lipinski definition) is 2. The third kappa shape index (κ3) is 5.52. The number of sulfonamides is 1. The molecule has 0 saturated carbocycles. The Hall–Kier alpha value is -1.93. The summed E-state index contributed by atoms with van der Waals surface area (Å²) in [5.74, 6) is 0.678. The highest BCUT2D eigenvalue weighted by molar-refractivity contribution is 7.89. The Morgan fingerprint density at radius 2 is 1.67 bits per heavy atom. The van der Waals surface area contributed by atoms with Gasteiger partial charge in [0.1, 0.15) is 5.75 Å². The third-order valence-corrected chi connectivity index (χ3v) is 5.67. The first-order valence-electron chi connectivity index (χ1n) is 8.72. The molecular weight excluding hydrogens is 366 g/mol. The van der Waals surface area contributed by atoms with E-state index < -0.39 is 16.1 Å². The zero-order valence-electron chi connectivity index (χ0n) is 16.2. The van der Waals surface area contributed by atoms with E-state index in [2.05, 4.69) is 4.72 Å². The average molecular weight is 394 g/mol. The maximum Gasteiger partial charge on any atom is 0.240 e. The molecule has 0 amide bonds. The van der Waals surface area contributed by atoms with E-state index in [0.717, 1.165) is 22.3 Å². The van der Waals surface area contributed by atoms with E-state index in [1.54, 1.807) is 19.2 Å². The highest BCUT2D eigenvalue weighted by Crippen LogP contribution is 2.26. The van der Waals surface area contributed by atoms with Crippen LogP contribution in [-0.4, -0.2) is 40.4 Å². The number of aliphatic hydroxyl groups is 1. The van der Waals surface area contributed by atoms with Gasteiger partial charge in [0.25, 0.3) is 0 Å². The van der Waals surface area contributed by atoms with Gasteiger partial charge < -0.3 is 14.6 Å². The first-order valence-corrected chi connectivity index (χ1v) is 10.2. The Bertz CT molecular complexity index is 839. The van der Waals surface area contributed by atoms with Crippen molar-refractivity contribution in [2.24, 2.45) is 0 Å². The normalized spacial score (nSPS) is 12.8. The van der Waals surface area contributed by atoms with Gasteiger partial charge >= 0.3 is 0 Å². The van der Waals surface area contributed by atoms with Crippen molar-refractivity contribution in [1.82, 2.24) is 4.72 Å². The van der Waals surface area contributed by atoms with Crippen LogP contribution in [0.25, 0.3) is 0 Å². The number of benzene rings is 2. The number of ether oxygens (including phenoxy) is 2. The summed E-state index contributed by atoms with van der Waals surface area (Å²) in [5, 5.41) is 9.05. The van der Waals surface area contributed by atoms with Crippen LogP contribution in [0.5, 0.6) is 5.75 Å². The second-order valence-corrected chi connectivity index (χ2v) is 8.20. The summed E-state index contributed by atoms with van der Waals surface area (Å²) in [6.07, 6.45) is -0.493. The monoisotopic (exact) mass is 393 g/mol. The molecule has 0 bridgehead atoms. The van der Waals surface area contributed by atoms with Crippen molar-refractivity contribution in [1.29, 1.82) is 0 Å². The molecule has 7 heteroatoms. The lowest BCUT2D eigenvalue weighted by Crippen LogP contribution is -2.30. The predicted octanol–water partition coefficient (Wildman–Crippen LogP) is 2.65. The predicted molar refractivity (Wildman–Crippen MR) is 105 cm³/mol. The minimum Gasteiger partial charge on any atom is -0.496 e. The number of aryl methyl sites for hydroxylation is 3. The first kappa shape index (κ1) is 21.4. The van der Waals surface area contributed by atoms with Gasteiger partial charge in [0.15, 0.2) is 0 Å². The van der Waals surface area contributed by atoms with Crippen LogP contribution in [0.2, 0.25) is 0 Å². The number of aliphatic hydroxyl groups excluding tert-OH is 1. The van der Waals surface area contributed by atoms with Crippen LogP contribution >= 0.6 is 0 Å². The number of hydrogen-bond acceptors (Lipinski definition) is 5. The quantitative estimate of drug-likeness (QED) is 0.684. The SMILES string of the molecule is COc1c(C)cc(S(=O)(=O)NC[C@H](OCCO)c2ccc(C)cc2)cc1C. The van der Waals surface area contributed by atoms with Gasteiger partial charge in [-0.2, -0.15) is 0 Å². The molecule has 2 N–H and O–H groups in total. The summed E-state index contributed by atoms with van der Waals surface area (Å²) < 4.78 is 39.0. The van der Waals surface area contributed by atoms with E-state index in [-0.39, 0.29) is 24.7 Å². The van der Waals surface area contributed by atoms with Gasteiger partial charge in [0, 0.05) is 6.54 Å². The fraction of sp³-hybridized carbons (Fsp3) is 0.400. The van der Waals surface area contributed by atoms with Crippen molar-refractivity contribution < 1.29 is 23.0 Å². The fourth-order valence-electron chi connectivity index (χ4n) is 2.91. The van der Waals surface area contributed by atoms with Crippen LogP contribution < -0.4 is 9.46 Å². The smallest absolute Gasteiger partial charge is 0.240 e. The van der Waals surface area contributed by atoms with E-state index in [9.17, 15) is 8.42 Å². The van der Waals surface area contributed by atoms with E-state index in [1.165, 1.54) is 0 Å². The molecule has 0 fully saturated rings. The van der Waals surface area contributed by atoms with E-state index >= 15 is 0 Å². The van der Waals surface area contributed by atoms with E-state index in [4.69, 9.17) is 14.6 Å². The van der Waals surface area contributed by atoms with E-state index in [0.29, 0.717) is 5.75 Å². The van der Waals surface area contributed by atoms with Gasteiger partial charge in [-0.15, -0.1) is 0 Å². The van der Waals surface area contributed by atoms with Crippen molar-refractivity contribution >= 4 is 10.0 Å². The Balaban J connectivity index is 2.20. The summed E-state index contributed by atoms with van der Waals surface area (Å²) in [6, 6.07) is 10.8. The average Bonchev–Trinajstić information content (AvgIpc) is 2.62. The van der Waals surface area contributed by atoms with Crippen LogP contribution in [0.1, 0.15) is 28.4 Å². The van der Waals surface area contributed by atoms with Gasteiger partial charge in [0.05, 0.1) is 31.3 Å². The van der Waals surface area contributed by atoms with Crippen LogP contribution in [0.3, 0.4) is 0 Å². The van der Waals surface area contributed by atoms with Gasteiger partial charge in [-0.05, 0) is 49.6 Å². The molecule has 2 aromatic rings. The van der Waals surface area contributed by atoms with Crippen LogP contribution in [0, 0.1) is 20.8 Å². The summed E-state index contributed by atoms with van der Waals surface area (Å²) in [5.41, 5.74) is 3.46. The van der Waals surface area contributed by atoms with Gasteiger partial charge in [-0.1, -0.05) is 29.8 Å². The fourth-order valence-corrected chi connectivity index (χ4v) is 4.11. The Morgan fingerprint density at radius 1 is 1.07 bits per heavy atom. The maximum atomic E-state index is 12.7. The van der Waals surface area contributed by atoms with Gasteiger partial charge in [-0.25, -0.2) is 13.1 Å². The topological polar surface area (TPSA) is 84.9 Å². The van der Waals surface area contributed by atoms with Gasteiger partial charge in [-0.3, -0.25) is 0 Å². The molecule has 0 aliphatic heterocycles. The van der Waals surface area contributed by atoms with Crippen molar-refractivity contribution in [3.63, 3.8) is 0 Å².